The van der Waals surface area contributed by atoms with Crippen LogP contribution in [0.15, 0.2) is 18.2 Å². The number of anilines is 2. The van der Waals surface area contributed by atoms with Crippen LogP contribution in [0.25, 0.3) is 0 Å². The maximum atomic E-state index is 11.6. The third-order valence-corrected chi connectivity index (χ3v) is 4.08. The average molecular weight is 277 g/mol. The summed E-state index contributed by atoms with van der Waals surface area (Å²) >= 11 is 0. The molecule has 0 saturated carbocycles. The molecule has 1 aromatic rings. The molecule has 1 unspecified atom stereocenters. The zero-order chi connectivity index (χ0) is 14.7. The van der Waals surface area contributed by atoms with Gasteiger partial charge in [-0.15, -0.1) is 0 Å². The van der Waals surface area contributed by atoms with Gasteiger partial charge in [0.25, 0.3) is 5.91 Å². The number of nitrogens with one attached hydrogen (secondary N) is 1. The largest absolute Gasteiger partial charge is 0.397 e. The summed E-state index contributed by atoms with van der Waals surface area (Å²) in [5.74, 6) is 0.244. The summed E-state index contributed by atoms with van der Waals surface area (Å²) < 4.78 is 0. The van der Waals surface area contributed by atoms with Crippen LogP contribution in [0.4, 0.5) is 11.4 Å². The van der Waals surface area contributed by atoms with E-state index in [-0.39, 0.29) is 12.0 Å². The molecule has 0 spiro atoms. The molecule has 1 aliphatic heterocycles. The van der Waals surface area contributed by atoms with Gasteiger partial charge in [-0.1, -0.05) is 0 Å². The van der Waals surface area contributed by atoms with E-state index in [0.717, 1.165) is 31.6 Å². The molecule has 0 aromatic heterocycles. The van der Waals surface area contributed by atoms with Crippen LogP contribution in [0.2, 0.25) is 0 Å². The standard InChI is InChI=1S/C15H23N3O2/c1-10(19)11-5-7-18(8-6-11)14-4-3-12(9-13(14)16)15(20)17-2/h3-4,9-11,19H,5-8,16H2,1-2H3,(H,17,20). The Morgan fingerprint density at radius 2 is 2.10 bits per heavy atom. The number of carbonyl (C=O) groups excluding carboxylic acids is 1. The predicted octanol–water partition coefficient (Wildman–Crippen LogP) is 1.23. The number of piperidine rings is 1. The molecule has 2 rings (SSSR count). The van der Waals surface area contributed by atoms with Gasteiger partial charge in [0.05, 0.1) is 17.5 Å². The van der Waals surface area contributed by atoms with Crippen molar-refractivity contribution in [3.63, 3.8) is 0 Å². The molecule has 5 heteroatoms. The maximum Gasteiger partial charge on any atom is 0.251 e. The van der Waals surface area contributed by atoms with Gasteiger partial charge in [-0.3, -0.25) is 4.79 Å². The molecule has 0 bridgehead atoms. The number of hydrogen-bond donors (Lipinski definition) is 3. The van der Waals surface area contributed by atoms with Gasteiger partial charge in [0, 0.05) is 25.7 Å². The van der Waals surface area contributed by atoms with Crippen LogP contribution in [-0.4, -0.2) is 37.3 Å². The highest BCUT2D eigenvalue weighted by Gasteiger charge is 2.23. The first-order chi connectivity index (χ1) is 9.52. The monoisotopic (exact) mass is 277 g/mol. The lowest BCUT2D eigenvalue weighted by atomic mass is 9.92. The molecule has 5 nitrogen and oxygen atoms in total. The van der Waals surface area contributed by atoms with E-state index < -0.39 is 0 Å². The number of amides is 1. The van der Waals surface area contributed by atoms with E-state index in [9.17, 15) is 9.90 Å². The number of hydrogen-bond acceptors (Lipinski definition) is 4. The van der Waals surface area contributed by atoms with E-state index >= 15 is 0 Å². The summed E-state index contributed by atoms with van der Waals surface area (Å²) in [6, 6.07) is 5.42. The summed E-state index contributed by atoms with van der Waals surface area (Å²) in [5, 5.41) is 12.2. The van der Waals surface area contributed by atoms with Gasteiger partial charge in [0.1, 0.15) is 0 Å². The summed E-state index contributed by atoms with van der Waals surface area (Å²) in [7, 11) is 1.60. The smallest absolute Gasteiger partial charge is 0.251 e. The van der Waals surface area contributed by atoms with E-state index in [1.807, 2.05) is 13.0 Å². The van der Waals surface area contributed by atoms with E-state index in [1.54, 1.807) is 19.2 Å². The molecule has 4 N–H and O–H groups in total. The SMILES string of the molecule is CNC(=O)c1ccc(N2CCC(C(C)O)CC2)c(N)c1. The number of benzene rings is 1. The maximum absolute atomic E-state index is 11.6. The highest BCUT2D eigenvalue weighted by molar-refractivity contribution is 5.96. The van der Waals surface area contributed by atoms with E-state index in [1.165, 1.54) is 0 Å². The van der Waals surface area contributed by atoms with Crippen molar-refractivity contribution in [3.05, 3.63) is 23.8 Å². The van der Waals surface area contributed by atoms with Gasteiger partial charge in [0.2, 0.25) is 0 Å². The molecule has 20 heavy (non-hydrogen) atoms. The normalized spacial score (nSPS) is 17.9. The molecule has 1 amide bonds. The number of rotatable bonds is 3. The lowest BCUT2D eigenvalue weighted by Crippen LogP contribution is -2.37. The van der Waals surface area contributed by atoms with E-state index in [2.05, 4.69) is 10.2 Å². The Hall–Kier alpha value is -1.75. The topological polar surface area (TPSA) is 78.6 Å². The number of nitrogens with zero attached hydrogens (tertiary/aromatic N) is 1. The minimum absolute atomic E-state index is 0.129. The Morgan fingerprint density at radius 1 is 1.45 bits per heavy atom. The molecule has 1 atom stereocenters. The minimum atomic E-state index is -0.245. The van der Waals surface area contributed by atoms with Crippen LogP contribution in [0.1, 0.15) is 30.1 Å². The second-order valence-electron chi connectivity index (χ2n) is 5.42. The lowest BCUT2D eigenvalue weighted by molar-refractivity contribution is 0.0963. The molecule has 1 aliphatic rings. The van der Waals surface area contributed by atoms with E-state index in [0.29, 0.717) is 17.2 Å². The van der Waals surface area contributed by atoms with Gasteiger partial charge in [-0.2, -0.15) is 0 Å². The minimum Gasteiger partial charge on any atom is -0.397 e. The Labute approximate surface area is 119 Å². The van der Waals surface area contributed by atoms with Gasteiger partial charge in [-0.25, -0.2) is 0 Å². The van der Waals surface area contributed by atoms with Crippen molar-refractivity contribution >= 4 is 17.3 Å². The zero-order valence-electron chi connectivity index (χ0n) is 12.1. The third-order valence-electron chi connectivity index (χ3n) is 4.08. The van der Waals surface area contributed by atoms with Crippen molar-refractivity contribution in [3.8, 4) is 0 Å². The molecule has 0 radical (unpaired) electrons. The average Bonchev–Trinajstić information content (AvgIpc) is 2.46. The zero-order valence-corrected chi connectivity index (χ0v) is 12.1. The van der Waals surface area contributed by atoms with Crippen molar-refractivity contribution in [2.45, 2.75) is 25.9 Å². The van der Waals surface area contributed by atoms with Crippen LogP contribution >= 0.6 is 0 Å². The second kappa shape index (κ2) is 6.13. The fraction of sp³-hybridized carbons (Fsp3) is 0.533. The fourth-order valence-corrected chi connectivity index (χ4v) is 2.75. The van der Waals surface area contributed by atoms with Gasteiger partial charge in [-0.05, 0) is 43.9 Å². The molecule has 1 saturated heterocycles. The summed E-state index contributed by atoms with van der Waals surface area (Å²) in [4.78, 5) is 13.8. The summed E-state index contributed by atoms with van der Waals surface area (Å²) in [6.45, 7) is 3.63. The molecule has 0 aliphatic carbocycles. The van der Waals surface area contributed by atoms with Crippen LogP contribution < -0.4 is 16.0 Å². The first-order valence-electron chi connectivity index (χ1n) is 7.07. The highest BCUT2D eigenvalue weighted by Crippen LogP contribution is 2.29. The van der Waals surface area contributed by atoms with Crippen molar-refractivity contribution in [1.82, 2.24) is 5.32 Å². The number of aliphatic hydroxyl groups excluding tert-OH is 1. The molecular weight excluding hydrogens is 254 g/mol. The first kappa shape index (κ1) is 14.7. The van der Waals surface area contributed by atoms with Crippen LogP contribution in [0.3, 0.4) is 0 Å². The Bertz CT molecular complexity index is 480. The Balaban J connectivity index is 2.09. The second-order valence-corrected chi connectivity index (χ2v) is 5.42. The van der Waals surface area contributed by atoms with Crippen molar-refractivity contribution < 1.29 is 9.90 Å². The van der Waals surface area contributed by atoms with Crippen molar-refractivity contribution in [1.29, 1.82) is 0 Å². The van der Waals surface area contributed by atoms with Gasteiger partial charge in [0.15, 0.2) is 0 Å². The number of nitrogen functional groups attached to an aromatic ring is 1. The molecular formula is C15H23N3O2. The molecule has 1 fully saturated rings. The van der Waals surface area contributed by atoms with Crippen LogP contribution in [-0.2, 0) is 0 Å². The predicted molar refractivity (Wildman–Crippen MR) is 80.9 cm³/mol. The summed E-state index contributed by atoms with van der Waals surface area (Å²) in [5.41, 5.74) is 8.24. The fourth-order valence-electron chi connectivity index (χ4n) is 2.75. The number of aliphatic hydroxyl groups is 1. The summed E-state index contributed by atoms with van der Waals surface area (Å²) in [6.07, 6.45) is 1.69. The van der Waals surface area contributed by atoms with Crippen molar-refractivity contribution in [2.24, 2.45) is 5.92 Å². The number of nitrogens with two attached hydrogens (primary N) is 1. The van der Waals surface area contributed by atoms with Crippen LogP contribution in [0, 0.1) is 5.92 Å². The third kappa shape index (κ3) is 3.04. The molecule has 1 heterocycles. The van der Waals surface area contributed by atoms with Crippen LogP contribution in [0.5, 0.6) is 0 Å². The highest BCUT2D eigenvalue weighted by atomic mass is 16.3. The van der Waals surface area contributed by atoms with Gasteiger partial charge >= 0.3 is 0 Å². The molecule has 110 valence electrons. The Morgan fingerprint density at radius 3 is 2.60 bits per heavy atom. The Kier molecular flexibility index (Phi) is 4.49. The molecule has 1 aromatic carbocycles. The van der Waals surface area contributed by atoms with Gasteiger partial charge < -0.3 is 21.1 Å². The van der Waals surface area contributed by atoms with E-state index in [4.69, 9.17) is 5.73 Å². The van der Waals surface area contributed by atoms with Crippen molar-refractivity contribution in [2.75, 3.05) is 30.8 Å². The number of carbonyl (C=O) groups is 1. The first-order valence-corrected chi connectivity index (χ1v) is 7.07. The lowest BCUT2D eigenvalue weighted by Gasteiger charge is -2.35. The quantitative estimate of drug-likeness (QED) is 0.726.